The van der Waals surface area contributed by atoms with E-state index in [9.17, 15) is 5.26 Å². The van der Waals surface area contributed by atoms with Gasteiger partial charge in [0.1, 0.15) is 5.54 Å². The van der Waals surface area contributed by atoms with Crippen molar-refractivity contribution in [2.75, 3.05) is 32.7 Å². The van der Waals surface area contributed by atoms with Crippen LogP contribution in [0.1, 0.15) is 24.8 Å². The Bertz CT molecular complexity index is 497. The van der Waals surface area contributed by atoms with Crippen LogP contribution in [0, 0.1) is 11.3 Å². The van der Waals surface area contributed by atoms with Crippen molar-refractivity contribution >= 4 is 0 Å². The molecule has 4 heteroatoms. The zero-order chi connectivity index (χ0) is 14.7. The highest BCUT2D eigenvalue weighted by molar-refractivity contribution is 5.30. The van der Waals surface area contributed by atoms with Gasteiger partial charge in [0.05, 0.1) is 6.07 Å². The van der Waals surface area contributed by atoms with Gasteiger partial charge in [0, 0.05) is 38.8 Å². The summed E-state index contributed by atoms with van der Waals surface area (Å²) in [4.78, 5) is 5.05. The van der Waals surface area contributed by atoms with E-state index in [-0.39, 0.29) is 0 Å². The van der Waals surface area contributed by atoms with Gasteiger partial charge in [-0.25, -0.2) is 0 Å². The Labute approximate surface area is 127 Å². The zero-order valence-electron chi connectivity index (χ0n) is 12.5. The van der Waals surface area contributed by atoms with Gasteiger partial charge in [-0.2, -0.15) is 5.26 Å². The van der Waals surface area contributed by atoms with E-state index in [2.05, 4.69) is 15.9 Å². The molecule has 0 radical (unpaired) electrons. The Morgan fingerprint density at radius 2 is 1.81 bits per heavy atom. The number of rotatable bonds is 5. The average molecular weight is 284 g/mol. The quantitative estimate of drug-likeness (QED) is 0.891. The normalized spacial score (nSPS) is 23.4. The number of hydrogen-bond donors (Lipinski definition) is 1. The van der Waals surface area contributed by atoms with Crippen LogP contribution < -0.4 is 5.73 Å². The molecule has 1 aliphatic carbocycles. The summed E-state index contributed by atoms with van der Waals surface area (Å²) in [5, 5.41) is 9.49. The van der Waals surface area contributed by atoms with Crippen molar-refractivity contribution < 1.29 is 0 Å². The van der Waals surface area contributed by atoms with E-state index in [1.54, 1.807) is 0 Å². The molecule has 0 aromatic heterocycles. The SMILES string of the molecule is N#CC(N)(CCN1CCN(C2CC2)CC1)c1ccccc1. The summed E-state index contributed by atoms with van der Waals surface area (Å²) in [6.07, 6.45) is 3.46. The fraction of sp³-hybridized carbons (Fsp3) is 0.588. The maximum absolute atomic E-state index is 9.49. The van der Waals surface area contributed by atoms with Crippen LogP contribution in [0.5, 0.6) is 0 Å². The van der Waals surface area contributed by atoms with E-state index in [0.29, 0.717) is 6.42 Å². The van der Waals surface area contributed by atoms with Crippen LogP contribution in [0.3, 0.4) is 0 Å². The molecule has 112 valence electrons. The molecule has 1 aliphatic heterocycles. The number of nitriles is 1. The van der Waals surface area contributed by atoms with Crippen molar-refractivity contribution in [3.05, 3.63) is 35.9 Å². The molecule has 4 nitrogen and oxygen atoms in total. The minimum atomic E-state index is -0.866. The van der Waals surface area contributed by atoms with Gasteiger partial charge in [-0.15, -0.1) is 0 Å². The van der Waals surface area contributed by atoms with Gasteiger partial charge in [-0.05, 0) is 24.8 Å². The van der Waals surface area contributed by atoms with Crippen molar-refractivity contribution in [1.82, 2.24) is 9.80 Å². The van der Waals surface area contributed by atoms with Gasteiger partial charge < -0.3 is 10.6 Å². The standard InChI is InChI=1S/C17H24N4/c18-14-17(19,15-4-2-1-3-5-15)8-9-20-10-12-21(13-11-20)16-6-7-16/h1-5,16H,6-13,19H2. The minimum Gasteiger partial charge on any atom is -0.310 e. The predicted molar refractivity (Wildman–Crippen MR) is 83.6 cm³/mol. The maximum Gasteiger partial charge on any atom is 0.131 e. The molecule has 1 unspecified atom stereocenters. The van der Waals surface area contributed by atoms with Gasteiger partial charge in [0.15, 0.2) is 0 Å². The van der Waals surface area contributed by atoms with Crippen LogP contribution in [-0.2, 0) is 5.54 Å². The van der Waals surface area contributed by atoms with Gasteiger partial charge in [-0.1, -0.05) is 30.3 Å². The van der Waals surface area contributed by atoms with Crippen molar-refractivity contribution in [3.63, 3.8) is 0 Å². The maximum atomic E-state index is 9.49. The third-order valence-electron chi connectivity index (χ3n) is 4.78. The third kappa shape index (κ3) is 3.44. The predicted octanol–water partition coefficient (Wildman–Crippen LogP) is 1.53. The molecule has 2 aliphatic rings. The first-order chi connectivity index (χ1) is 10.2. The van der Waals surface area contributed by atoms with Gasteiger partial charge in [0.25, 0.3) is 0 Å². The Morgan fingerprint density at radius 1 is 1.14 bits per heavy atom. The van der Waals surface area contributed by atoms with Crippen LogP contribution in [0.15, 0.2) is 30.3 Å². The summed E-state index contributed by atoms with van der Waals surface area (Å²) in [6.45, 7) is 5.44. The number of nitrogens with two attached hydrogens (primary N) is 1. The molecular weight excluding hydrogens is 260 g/mol. The number of piperazine rings is 1. The Balaban J connectivity index is 1.53. The Kier molecular flexibility index (Phi) is 4.25. The topological polar surface area (TPSA) is 56.3 Å². The second-order valence-corrected chi connectivity index (χ2v) is 6.31. The second-order valence-electron chi connectivity index (χ2n) is 6.31. The lowest BCUT2D eigenvalue weighted by molar-refractivity contribution is 0.121. The van der Waals surface area contributed by atoms with E-state index < -0.39 is 5.54 Å². The lowest BCUT2D eigenvalue weighted by atomic mass is 9.89. The molecule has 1 atom stereocenters. The van der Waals surface area contributed by atoms with E-state index in [4.69, 9.17) is 5.73 Å². The molecule has 1 heterocycles. The summed E-state index contributed by atoms with van der Waals surface area (Å²) in [5.74, 6) is 0. The molecule has 1 saturated heterocycles. The van der Waals surface area contributed by atoms with Gasteiger partial charge >= 0.3 is 0 Å². The van der Waals surface area contributed by atoms with Crippen molar-refractivity contribution in [1.29, 1.82) is 5.26 Å². The molecule has 0 bridgehead atoms. The molecule has 1 aromatic carbocycles. The summed E-state index contributed by atoms with van der Waals surface area (Å²) in [5.41, 5.74) is 6.38. The number of hydrogen-bond acceptors (Lipinski definition) is 4. The largest absolute Gasteiger partial charge is 0.310 e. The molecular formula is C17H24N4. The lowest BCUT2D eigenvalue weighted by Gasteiger charge is -2.36. The smallest absolute Gasteiger partial charge is 0.131 e. The highest BCUT2D eigenvalue weighted by Gasteiger charge is 2.32. The van der Waals surface area contributed by atoms with E-state index in [0.717, 1.165) is 31.2 Å². The molecule has 21 heavy (non-hydrogen) atoms. The first kappa shape index (κ1) is 14.5. The molecule has 2 fully saturated rings. The third-order valence-corrected chi connectivity index (χ3v) is 4.78. The van der Waals surface area contributed by atoms with Crippen molar-refractivity contribution in [2.24, 2.45) is 5.73 Å². The first-order valence-electron chi connectivity index (χ1n) is 7.93. The molecule has 1 aromatic rings. The van der Waals surface area contributed by atoms with Crippen molar-refractivity contribution in [3.8, 4) is 6.07 Å². The van der Waals surface area contributed by atoms with Gasteiger partial charge in [-0.3, -0.25) is 4.90 Å². The highest BCUT2D eigenvalue weighted by Crippen LogP contribution is 2.28. The van der Waals surface area contributed by atoms with Crippen LogP contribution in [0.2, 0.25) is 0 Å². The fourth-order valence-electron chi connectivity index (χ4n) is 3.13. The molecule has 1 saturated carbocycles. The minimum absolute atomic E-state index is 0.691. The molecule has 0 spiro atoms. The first-order valence-corrected chi connectivity index (χ1v) is 7.93. The van der Waals surface area contributed by atoms with E-state index >= 15 is 0 Å². The van der Waals surface area contributed by atoms with E-state index in [1.165, 1.54) is 25.9 Å². The Morgan fingerprint density at radius 3 is 2.38 bits per heavy atom. The van der Waals surface area contributed by atoms with Crippen LogP contribution in [0.25, 0.3) is 0 Å². The lowest BCUT2D eigenvalue weighted by Crippen LogP contribution is -2.49. The number of benzene rings is 1. The monoisotopic (exact) mass is 284 g/mol. The van der Waals surface area contributed by atoms with Gasteiger partial charge in [0.2, 0.25) is 0 Å². The molecule has 3 rings (SSSR count). The summed E-state index contributed by atoms with van der Waals surface area (Å²) < 4.78 is 0. The van der Waals surface area contributed by atoms with Crippen molar-refractivity contribution in [2.45, 2.75) is 30.8 Å². The summed E-state index contributed by atoms with van der Waals surface area (Å²) in [6, 6.07) is 12.9. The van der Waals surface area contributed by atoms with Crippen LogP contribution >= 0.6 is 0 Å². The highest BCUT2D eigenvalue weighted by atomic mass is 15.3. The molecule has 0 amide bonds. The number of nitrogens with zero attached hydrogens (tertiary/aromatic N) is 3. The average Bonchev–Trinajstić information content (AvgIpc) is 3.39. The van der Waals surface area contributed by atoms with Crippen LogP contribution in [-0.4, -0.2) is 48.6 Å². The fourth-order valence-corrected chi connectivity index (χ4v) is 3.13. The summed E-state index contributed by atoms with van der Waals surface area (Å²) >= 11 is 0. The Hall–Kier alpha value is -1.41. The molecule has 2 N–H and O–H groups in total. The zero-order valence-corrected chi connectivity index (χ0v) is 12.5. The van der Waals surface area contributed by atoms with Crippen LogP contribution in [0.4, 0.5) is 0 Å². The second kappa shape index (κ2) is 6.15. The summed E-state index contributed by atoms with van der Waals surface area (Å²) in [7, 11) is 0. The van der Waals surface area contributed by atoms with E-state index in [1.807, 2.05) is 30.3 Å².